The van der Waals surface area contributed by atoms with Crippen molar-refractivity contribution in [2.45, 2.75) is 77.7 Å². The Morgan fingerprint density at radius 2 is 1.90 bits per heavy atom. The van der Waals surface area contributed by atoms with Crippen LogP contribution in [0.2, 0.25) is 0 Å². The molecule has 1 aliphatic carbocycles. The molecule has 2 N–H and O–H groups in total. The lowest BCUT2D eigenvalue weighted by Crippen LogP contribution is -2.38. The monoisotopic (exact) mass is 283 g/mol. The summed E-state index contributed by atoms with van der Waals surface area (Å²) in [4.78, 5) is 22.6. The van der Waals surface area contributed by atoms with Gasteiger partial charge in [-0.05, 0) is 44.9 Å². The molecule has 4 heteroatoms. The minimum atomic E-state index is -0.803. The Labute approximate surface area is 122 Å². The topological polar surface area (TPSA) is 66.4 Å². The molecule has 0 aromatic carbocycles. The number of aliphatic carboxylic acids is 1. The lowest BCUT2D eigenvalue weighted by atomic mass is 9.79. The predicted octanol–water partition coefficient (Wildman–Crippen LogP) is 3.35. The minimum Gasteiger partial charge on any atom is -0.481 e. The number of hydrogen-bond donors (Lipinski definition) is 2. The summed E-state index contributed by atoms with van der Waals surface area (Å²) >= 11 is 0. The van der Waals surface area contributed by atoms with Crippen LogP contribution in [-0.4, -0.2) is 23.0 Å². The molecule has 1 unspecified atom stereocenters. The SMILES string of the molecule is CCCCC1CCC(C(=O)NC(C)CCC(=O)O)CC1. The predicted molar refractivity (Wildman–Crippen MR) is 79.4 cm³/mol. The summed E-state index contributed by atoms with van der Waals surface area (Å²) in [5, 5.41) is 11.6. The van der Waals surface area contributed by atoms with E-state index in [0.29, 0.717) is 6.42 Å². The molecule has 0 heterocycles. The molecule has 1 amide bonds. The van der Waals surface area contributed by atoms with Crippen LogP contribution in [0.25, 0.3) is 0 Å². The zero-order valence-corrected chi connectivity index (χ0v) is 12.9. The third-order valence-corrected chi connectivity index (χ3v) is 4.36. The van der Waals surface area contributed by atoms with E-state index in [1.807, 2.05) is 6.92 Å². The molecule has 1 saturated carbocycles. The number of amides is 1. The molecule has 1 aliphatic rings. The zero-order chi connectivity index (χ0) is 15.0. The number of carbonyl (C=O) groups is 2. The fraction of sp³-hybridized carbons (Fsp3) is 0.875. The molecule has 1 rings (SSSR count). The van der Waals surface area contributed by atoms with E-state index in [4.69, 9.17) is 5.11 Å². The molecule has 0 radical (unpaired) electrons. The van der Waals surface area contributed by atoms with Crippen molar-refractivity contribution >= 4 is 11.9 Å². The lowest BCUT2D eigenvalue weighted by Gasteiger charge is -2.28. The Morgan fingerprint density at radius 1 is 1.25 bits per heavy atom. The van der Waals surface area contributed by atoms with Crippen LogP contribution in [-0.2, 0) is 9.59 Å². The first-order chi connectivity index (χ1) is 9.52. The number of carbonyl (C=O) groups excluding carboxylic acids is 1. The van der Waals surface area contributed by atoms with Gasteiger partial charge in [-0.2, -0.15) is 0 Å². The van der Waals surface area contributed by atoms with Gasteiger partial charge in [-0.3, -0.25) is 9.59 Å². The fourth-order valence-electron chi connectivity index (χ4n) is 2.98. The molecule has 116 valence electrons. The second-order valence-corrected chi connectivity index (χ2v) is 6.20. The van der Waals surface area contributed by atoms with E-state index >= 15 is 0 Å². The number of carboxylic acid groups (broad SMARTS) is 1. The first kappa shape index (κ1) is 17.0. The Bertz CT molecular complexity index is 309. The molecule has 0 aromatic rings. The molecular weight excluding hydrogens is 254 g/mol. The highest BCUT2D eigenvalue weighted by molar-refractivity contribution is 5.79. The molecular formula is C16H29NO3. The molecule has 0 aliphatic heterocycles. The van der Waals surface area contributed by atoms with Gasteiger partial charge in [0.2, 0.25) is 5.91 Å². The lowest BCUT2D eigenvalue weighted by molar-refractivity contribution is -0.137. The van der Waals surface area contributed by atoms with Gasteiger partial charge in [-0.1, -0.05) is 26.2 Å². The quantitative estimate of drug-likeness (QED) is 0.718. The van der Waals surface area contributed by atoms with Crippen molar-refractivity contribution in [1.29, 1.82) is 0 Å². The summed E-state index contributed by atoms with van der Waals surface area (Å²) in [7, 11) is 0. The molecule has 0 spiro atoms. The van der Waals surface area contributed by atoms with Crippen molar-refractivity contribution < 1.29 is 14.7 Å². The summed E-state index contributed by atoms with van der Waals surface area (Å²) in [5.74, 6) is 0.267. The first-order valence-electron chi connectivity index (χ1n) is 8.05. The molecule has 1 fully saturated rings. The van der Waals surface area contributed by atoms with E-state index in [-0.39, 0.29) is 24.3 Å². The first-order valence-corrected chi connectivity index (χ1v) is 8.05. The van der Waals surface area contributed by atoms with Crippen LogP contribution >= 0.6 is 0 Å². The maximum atomic E-state index is 12.1. The van der Waals surface area contributed by atoms with Gasteiger partial charge in [-0.15, -0.1) is 0 Å². The zero-order valence-electron chi connectivity index (χ0n) is 12.9. The number of rotatable bonds is 8. The van der Waals surface area contributed by atoms with Crippen molar-refractivity contribution in [2.75, 3.05) is 0 Å². The highest BCUT2D eigenvalue weighted by Crippen LogP contribution is 2.32. The molecule has 0 saturated heterocycles. The third kappa shape index (κ3) is 6.40. The summed E-state index contributed by atoms with van der Waals surface area (Å²) in [6, 6.07) is -0.0450. The van der Waals surface area contributed by atoms with Crippen molar-refractivity contribution in [3.63, 3.8) is 0 Å². The van der Waals surface area contributed by atoms with Gasteiger partial charge in [0.1, 0.15) is 0 Å². The normalized spacial score (nSPS) is 24.1. The summed E-state index contributed by atoms with van der Waals surface area (Å²) in [6.45, 7) is 4.10. The van der Waals surface area contributed by atoms with Crippen LogP contribution in [0, 0.1) is 11.8 Å². The van der Waals surface area contributed by atoms with Crippen molar-refractivity contribution in [3.05, 3.63) is 0 Å². The minimum absolute atomic E-state index is 0.0450. The largest absolute Gasteiger partial charge is 0.481 e. The van der Waals surface area contributed by atoms with Crippen LogP contribution in [0.5, 0.6) is 0 Å². The highest BCUT2D eigenvalue weighted by atomic mass is 16.4. The van der Waals surface area contributed by atoms with E-state index in [0.717, 1.165) is 18.8 Å². The standard InChI is InChI=1S/C16H29NO3/c1-3-4-5-13-7-9-14(10-8-13)16(20)17-12(2)6-11-15(18)19/h12-14H,3-11H2,1-2H3,(H,17,20)(H,18,19). The fourth-order valence-corrected chi connectivity index (χ4v) is 2.98. The average molecular weight is 283 g/mol. The number of nitrogens with one attached hydrogen (secondary N) is 1. The van der Waals surface area contributed by atoms with Gasteiger partial charge in [0, 0.05) is 18.4 Å². The van der Waals surface area contributed by atoms with E-state index in [9.17, 15) is 9.59 Å². The van der Waals surface area contributed by atoms with Gasteiger partial charge in [0.05, 0.1) is 0 Å². The number of unbranched alkanes of at least 4 members (excludes halogenated alkanes) is 1. The van der Waals surface area contributed by atoms with Crippen LogP contribution < -0.4 is 5.32 Å². The maximum absolute atomic E-state index is 12.1. The Hall–Kier alpha value is -1.06. The van der Waals surface area contributed by atoms with Crippen molar-refractivity contribution in [2.24, 2.45) is 11.8 Å². The van der Waals surface area contributed by atoms with Gasteiger partial charge in [0.25, 0.3) is 0 Å². The number of hydrogen-bond acceptors (Lipinski definition) is 2. The van der Waals surface area contributed by atoms with Crippen molar-refractivity contribution in [1.82, 2.24) is 5.32 Å². The van der Waals surface area contributed by atoms with Crippen LogP contribution in [0.1, 0.15) is 71.6 Å². The van der Waals surface area contributed by atoms with Gasteiger partial charge >= 0.3 is 5.97 Å². The second kappa shape index (κ2) is 8.98. The van der Waals surface area contributed by atoms with Gasteiger partial charge in [0.15, 0.2) is 0 Å². The summed E-state index contributed by atoms with van der Waals surface area (Å²) in [6.07, 6.45) is 8.80. The molecule has 0 aromatic heterocycles. The summed E-state index contributed by atoms with van der Waals surface area (Å²) in [5.41, 5.74) is 0. The average Bonchev–Trinajstić information content (AvgIpc) is 2.43. The Morgan fingerprint density at radius 3 is 2.45 bits per heavy atom. The van der Waals surface area contributed by atoms with E-state index in [1.54, 1.807) is 0 Å². The third-order valence-electron chi connectivity index (χ3n) is 4.36. The van der Waals surface area contributed by atoms with Crippen molar-refractivity contribution in [3.8, 4) is 0 Å². The van der Waals surface area contributed by atoms with E-state index in [1.165, 1.54) is 32.1 Å². The molecule has 20 heavy (non-hydrogen) atoms. The summed E-state index contributed by atoms with van der Waals surface area (Å²) < 4.78 is 0. The van der Waals surface area contributed by atoms with Crippen LogP contribution in [0.15, 0.2) is 0 Å². The van der Waals surface area contributed by atoms with E-state index < -0.39 is 5.97 Å². The molecule has 1 atom stereocenters. The second-order valence-electron chi connectivity index (χ2n) is 6.20. The van der Waals surface area contributed by atoms with Gasteiger partial charge in [-0.25, -0.2) is 0 Å². The smallest absolute Gasteiger partial charge is 0.303 e. The van der Waals surface area contributed by atoms with E-state index in [2.05, 4.69) is 12.2 Å². The molecule has 4 nitrogen and oxygen atoms in total. The maximum Gasteiger partial charge on any atom is 0.303 e. The van der Waals surface area contributed by atoms with Crippen LogP contribution in [0.3, 0.4) is 0 Å². The molecule has 0 bridgehead atoms. The van der Waals surface area contributed by atoms with Gasteiger partial charge < -0.3 is 10.4 Å². The van der Waals surface area contributed by atoms with Crippen LogP contribution in [0.4, 0.5) is 0 Å². The Kier molecular flexibility index (Phi) is 7.63. The highest BCUT2D eigenvalue weighted by Gasteiger charge is 2.26. The Balaban J connectivity index is 2.23. The number of carboxylic acids is 1.